The second kappa shape index (κ2) is 5.79. The second-order valence-corrected chi connectivity index (χ2v) is 3.82. The lowest BCUT2D eigenvalue weighted by atomic mass is 10.1. The fourth-order valence-corrected chi connectivity index (χ4v) is 1.39. The summed E-state index contributed by atoms with van der Waals surface area (Å²) in [6.07, 6.45) is 0.635. The van der Waals surface area contributed by atoms with Gasteiger partial charge >= 0.3 is 0 Å². The van der Waals surface area contributed by atoms with Crippen molar-refractivity contribution in [3.05, 3.63) is 23.8 Å². The SMILES string of the molecule is O=C(CI)NCCc1ccc(O)c(O)c1. The van der Waals surface area contributed by atoms with Crippen LogP contribution in [-0.4, -0.2) is 27.1 Å². The van der Waals surface area contributed by atoms with Crippen molar-refractivity contribution >= 4 is 28.5 Å². The molecule has 0 aliphatic rings. The fourth-order valence-electron chi connectivity index (χ4n) is 1.12. The van der Waals surface area contributed by atoms with E-state index < -0.39 is 0 Å². The molecule has 0 aromatic heterocycles. The van der Waals surface area contributed by atoms with Gasteiger partial charge in [0.2, 0.25) is 5.91 Å². The number of phenols is 2. The van der Waals surface area contributed by atoms with Crippen LogP contribution in [0.25, 0.3) is 0 Å². The van der Waals surface area contributed by atoms with Crippen LogP contribution in [0.1, 0.15) is 5.56 Å². The number of nitrogens with one attached hydrogen (secondary N) is 1. The topological polar surface area (TPSA) is 69.6 Å². The third kappa shape index (κ3) is 3.94. The Balaban J connectivity index is 2.44. The molecule has 82 valence electrons. The molecule has 0 spiro atoms. The lowest BCUT2D eigenvalue weighted by Gasteiger charge is -2.04. The van der Waals surface area contributed by atoms with E-state index in [1.807, 2.05) is 22.6 Å². The van der Waals surface area contributed by atoms with E-state index in [1.54, 1.807) is 6.07 Å². The second-order valence-electron chi connectivity index (χ2n) is 3.06. The van der Waals surface area contributed by atoms with E-state index in [0.717, 1.165) is 5.56 Å². The predicted octanol–water partition coefficient (Wildman–Crippen LogP) is 1.19. The van der Waals surface area contributed by atoms with E-state index >= 15 is 0 Å². The van der Waals surface area contributed by atoms with Gasteiger partial charge in [-0.1, -0.05) is 28.7 Å². The molecule has 0 atom stereocenters. The number of carbonyl (C=O) groups is 1. The average molecular weight is 321 g/mol. The Morgan fingerprint density at radius 2 is 2.07 bits per heavy atom. The highest BCUT2D eigenvalue weighted by atomic mass is 127. The molecule has 4 nitrogen and oxygen atoms in total. The number of benzene rings is 1. The lowest BCUT2D eigenvalue weighted by Crippen LogP contribution is -2.26. The summed E-state index contributed by atoms with van der Waals surface area (Å²) in [5, 5.41) is 21.0. The highest BCUT2D eigenvalue weighted by Crippen LogP contribution is 2.24. The predicted molar refractivity (Wildman–Crippen MR) is 65.4 cm³/mol. The first-order valence-electron chi connectivity index (χ1n) is 4.47. The van der Waals surface area contributed by atoms with Crippen LogP contribution in [0.4, 0.5) is 0 Å². The first kappa shape index (κ1) is 12.1. The summed E-state index contributed by atoms with van der Waals surface area (Å²) in [5.74, 6) is -0.263. The number of amides is 1. The van der Waals surface area contributed by atoms with Crippen molar-refractivity contribution in [3.8, 4) is 11.5 Å². The molecule has 3 N–H and O–H groups in total. The number of hydrogen-bond acceptors (Lipinski definition) is 3. The smallest absolute Gasteiger partial charge is 0.229 e. The van der Waals surface area contributed by atoms with E-state index in [4.69, 9.17) is 5.11 Å². The van der Waals surface area contributed by atoms with E-state index in [9.17, 15) is 9.90 Å². The van der Waals surface area contributed by atoms with Gasteiger partial charge in [-0.15, -0.1) is 0 Å². The Bertz CT molecular complexity index is 355. The molecule has 15 heavy (non-hydrogen) atoms. The number of rotatable bonds is 4. The summed E-state index contributed by atoms with van der Waals surface area (Å²) in [7, 11) is 0. The third-order valence-corrected chi connectivity index (χ3v) is 2.59. The van der Waals surface area contributed by atoms with Gasteiger partial charge in [0, 0.05) is 6.54 Å². The molecule has 5 heteroatoms. The van der Waals surface area contributed by atoms with E-state index in [1.165, 1.54) is 12.1 Å². The largest absolute Gasteiger partial charge is 0.504 e. The fraction of sp³-hybridized carbons (Fsp3) is 0.300. The molecule has 0 bridgehead atoms. The normalized spacial score (nSPS) is 9.93. The van der Waals surface area contributed by atoms with Crippen molar-refractivity contribution in [2.45, 2.75) is 6.42 Å². The molecular weight excluding hydrogens is 309 g/mol. The molecule has 0 aliphatic heterocycles. The Hall–Kier alpha value is -0.980. The Kier molecular flexibility index (Phi) is 4.67. The van der Waals surface area contributed by atoms with Crippen molar-refractivity contribution in [1.82, 2.24) is 5.32 Å². The molecule has 0 aliphatic carbocycles. The van der Waals surface area contributed by atoms with Crippen LogP contribution in [0.15, 0.2) is 18.2 Å². The van der Waals surface area contributed by atoms with Gasteiger partial charge in [-0.25, -0.2) is 0 Å². The van der Waals surface area contributed by atoms with E-state index in [2.05, 4.69) is 5.32 Å². The molecule has 1 aromatic carbocycles. The number of aromatic hydroxyl groups is 2. The maximum Gasteiger partial charge on any atom is 0.229 e. The highest BCUT2D eigenvalue weighted by molar-refractivity contribution is 14.1. The monoisotopic (exact) mass is 321 g/mol. The van der Waals surface area contributed by atoms with Crippen LogP contribution in [0, 0.1) is 0 Å². The molecule has 0 saturated carbocycles. The summed E-state index contributed by atoms with van der Waals surface area (Å²) < 4.78 is 0.443. The Morgan fingerprint density at radius 3 is 2.67 bits per heavy atom. The molecule has 1 rings (SSSR count). The van der Waals surface area contributed by atoms with Gasteiger partial charge < -0.3 is 15.5 Å². The summed E-state index contributed by atoms with van der Waals surface area (Å²) in [4.78, 5) is 10.9. The van der Waals surface area contributed by atoms with Crippen molar-refractivity contribution < 1.29 is 15.0 Å². The van der Waals surface area contributed by atoms with Gasteiger partial charge in [0.1, 0.15) is 0 Å². The quantitative estimate of drug-likeness (QED) is 0.443. The summed E-state index contributed by atoms with van der Waals surface area (Å²) in [6, 6.07) is 4.64. The van der Waals surface area contributed by atoms with Crippen LogP contribution in [-0.2, 0) is 11.2 Å². The number of hydrogen-bond donors (Lipinski definition) is 3. The maximum absolute atomic E-state index is 10.9. The van der Waals surface area contributed by atoms with Crippen LogP contribution in [0.2, 0.25) is 0 Å². The standard InChI is InChI=1S/C10H12INO3/c11-6-10(15)12-4-3-7-1-2-8(13)9(14)5-7/h1-2,5,13-14H,3-4,6H2,(H,12,15). The summed E-state index contributed by atoms with van der Waals surface area (Å²) >= 11 is 1.99. The van der Waals surface area contributed by atoms with Crippen LogP contribution < -0.4 is 5.32 Å². The minimum absolute atomic E-state index is 0.00130. The van der Waals surface area contributed by atoms with E-state index in [0.29, 0.717) is 17.4 Å². The van der Waals surface area contributed by atoms with Crippen LogP contribution in [0.3, 0.4) is 0 Å². The Labute approximate surface area is 101 Å². The van der Waals surface area contributed by atoms with Crippen LogP contribution >= 0.6 is 22.6 Å². The van der Waals surface area contributed by atoms with Gasteiger partial charge in [0.15, 0.2) is 11.5 Å². The van der Waals surface area contributed by atoms with Gasteiger partial charge in [0.25, 0.3) is 0 Å². The molecule has 1 amide bonds. The van der Waals surface area contributed by atoms with Gasteiger partial charge in [-0.05, 0) is 24.1 Å². The van der Waals surface area contributed by atoms with Crippen molar-refractivity contribution in [2.75, 3.05) is 11.0 Å². The van der Waals surface area contributed by atoms with Crippen molar-refractivity contribution in [2.24, 2.45) is 0 Å². The number of halogens is 1. The summed E-state index contributed by atoms with van der Waals surface area (Å²) in [5.41, 5.74) is 0.874. The minimum atomic E-state index is -0.132. The van der Waals surface area contributed by atoms with E-state index in [-0.39, 0.29) is 17.4 Å². The molecule has 0 fully saturated rings. The zero-order chi connectivity index (χ0) is 11.3. The van der Waals surface area contributed by atoms with Crippen LogP contribution in [0.5, 0.6) is 11.5 Å². The molecule has 0 unspecified atom stereocenters. The Morgan fingerprint density at radius 1 is 1.33 bits per heavy atom. The average Bonchev–Trinajstić information content (AvgIpc) is 2.23. The molecular formula is C10H12INO3. The molecule has 0 heterocycles. The van der Waals surface area contributed by atoms with Crippen molar-refractivity contribution in [1.29, 1.82) is 0 Å². The van der Waals surface area contributed by atoms with Gasteiger partial charge in [-0.2, -0.15) is 0 Å². The highest BCUT2D eigenvalue weighted by Gasteiger charge is 2.01. The lowest BCUT2D eigenvalue weighted by molar-refractivity contribution is -0.118. The minimum Gasteiger partial charge on any atom is -0.504 e. The zero-order valence-electron chi connectivity index (χ0n) is 8.03. The first-order valence-corrected chi connectivity index (χ1v) is 5.99. The molecule has 1 aromatic rings. The number of carbonyl (C=O) groups excluding carboxylic acids is 1. The van der Waals surface area contributed by atoms with Gasteiger partial charge in [0.05, 0.1) is 4.43 Å². The first-order chi connectivity index (χ1) is 7.13. The van der Waals surface area contributed by atoms with Gasteiger partial charge in [-0.3, -0.25) is 4.79 Å². The zero-order valence-corrected chi connectivity index (χ0v) is 10.2. The number of alkyl halides is 1. The third-order valence-electron chi connectivity index (χ3n) is 1.90. The summed E-state index contributed by atoms with van der Waals surface area (Å²) in [6.45, 7) is 0.534. The molecule has 0 radical (unpaired) electrons. The maximum atomic E-state index is 10.9. The molecule has 0 saturated heterocycles. The van der Waals surface area contributed by atoms with Crippen molar-refractivity contribution in [3.63, 3.8) is 0 Å². The number of phenolic OH excluding ortho intramolecular Hbond substituents is 2.